The van der Waals surface area contributed by atoms with Gasteiger partial charge in [-0.2, -0.15) is 0 Å². The lowest BCUT2D eigenvalue weighted by molar-refractivity contribution is 0.228. The van der Waals surface area contributed by atoms with Gasteiger partial charge in [0.25, 0.3) is 0 Å². The molecule has 1 aliphatic rings. The van der Waals surface area contributed by atoms with Crippen molar-refractivity contribution in [2.75, 3.05) is 26.2 Å². The molecule has 0 bridgehead atoms. The molecular weight excluding hydrogens is 323 g/mol. The van der Waals surface area contributed by atoms with Crippen LogP contribution in [0.4, 0.5) is 4.39 Å². The summed E-state index contributed by atoms with van der Waals surface area (Å²) in [6.45, 7) is 4.95. The maximum atomic E-state index is 13.1. The molecule has 0 radical (unpaired) electrons. The fourth-order valence-corrected chi connectivity index (χ4v) is 2.93. The topological polar surface area (TPSA) is 44.0 Å². The van der Waals surface area contributed by atoms with Crippen LogP contribution in [0.1, 0.15) is 5.82 Å². The number of hydrogen-bond acceptors (Lipinski definition) is 3. The lowest BCUT2D eigenvalue weighted by Gasteiger charge is -2.26. The first-order valence-electron chi connectivity index (χ1n) is 6.65. The fourth-order valence-electron chi connectivity index (χ4n) is 2.37. The van der Waals surface area contributed by atoms with Crippen LogP contribution in [0.15, 0.2) is 28.9 Å². The van der Waals surface area contributed by atoms with E-state index in [1.54, 1.807) is 12.3 Å². The Morgan fingerprint density at radius 2 is 2.10 bits per heavy atom. The molecule has 0 saturated carbocycles. The molecule has 1 saturated heterocycles. The minimum Gasteiger partial charge on any atom is -0.341 e. The van der Waals surface area contributed by atoms with Gasteiger partial charge in [-0.25, -0.2) is 9.37 Å². The van der Waals surface area contributed by atoms with E-state index in [2.05, 4.69) is 36.1 Å². The van der Waals surface area contributed by atoms with Crippen LogP contribution in [0.2, 0.25) is 0 Å². The van der Waals surface area contributed by atoms with E-state index in [0.29, 0.717) is 0 Å². The number of piperazine rings is 1. The summed E-state index contributed by atoms with van der Waals surface area (Å²) in [6.07, 6.45) is 1.80. The van der Waals surface area contributed by atoms with Crippen molar-refractivity contribution in [2.45, 2.75) is 6.54 Å². The van der Waals surface area contributed by atoms with Crippen molar-refractivity contribution < 1.29 is 4.39 Å². The highest BCUT2D eigenvalue weighted by Crippen LogP contribution is 2.27. The first-order chi connectivity index (χ1) is 9.72. The van der Waals surface area contributed by atoms with Crippen LogP contribution in [-0.4, -0.2) is 41.0 Å². The average molecular weight is 339 g/mol. The Labute approximate surface area is 125 Å². The summed E-state index contributed by atoms with van der Waals surface area (Å²) in [5, 5.41) is 3.33. The van der Waals surface area contributed by atoms with Crippen molar-refractivity contribution >= 4 is 15.9 Å². The SMILES string of the molecule is Fc1ccc(-c2cnc(CN3CCNCC3)[nH]2)c(Br)c1. The summed E-state index contributed by atoms with van der Waals surface area (Å²) in [5.74, 6) is 0.694. The molecule has 1 aromatic carbocycles. The van der Waals surface area contributed by atoms with Crippen molar-refractivity contribution in [1.29, 1.82) is 0 Å². The molecule has 6 heteroatoms. The predicted octanol–water partition coefficient (Wildman–Crippen LogP) is 2.38. The monoisotopic (exact) mass is 338 g/mol. The third kappa shape index (κ3) is 3.08. The number of aromatic amines is 1. The van der Waals surface area contributed by atoms with E-state index in [0.717, 1.165) is 54.3 Å². The zero-order chi connectivity index (χ0) is 13.9. The first kappa shape index (κ1) is 13.7. The van der Waals surface area contributed by atoms with Gasteiger partial charge in [0.1, 0.15) is 11.6 Å². The number of nitrogens with zero attached hydrogens (tertiary/aromatic N) is 2. The molecule has 2 heterocycles. The van der Waals surface area contributed by atoms with Crippen LogP contribution in [0.25, 0.3) is 11.3 Å². The minimum absolute atomic E-state index is 0.249. The number of aromatic nitrogens is 2. The average Bonchev–Trinajstić information content (AvgIpc) is 2.88. The minimum atomic E-state index is -0.249. The Morgan fingerprint density at radius 1 is 1.30 bits per heavy atom. The van der Waals surface area contributed by atoms with Crippen LogP contribution in [0, 0.1) is 5.82 Å². The summed E-state index contributed by atoms with van der Waals surface area (Å²) >= 11 is 3.39. The van der Waals surface area contributed by atoms with Gasteiger partial charge >= 0.3 is 0 Å². The second-order valence-corrected chi connectivity index (χ2v) is 5.75. The third-order valence-corrected chi connectivity index (χ3v) is 4.09. The Morgan fingerprint density at radius 3 is 2.85 bits per heavy atom. The van der Waals surface area contributed by atoms with E-state index in [1.807, 2.05) is 0 Å². The quantitative estimate of drug-likeness (QED) is 0.903. The Hall–Kier alpha value is -1.24. The lowest BCUT2D eigenvalue weighted by atomic mass is 10.2. The normalized spacial score (nSPS) is 16.5. The summed E-state index contributed by atoms with van der Waals surface area (Å²) in [4.78, 5) is 10.1. The lowest BCUT2D eigenvalue weighted by Crippen LogP contribution is -2.43. The summed E-state index contributed by atoms with van der Waals surface area (Å²) < 4.78 is 13.8. The second kappa shape index (κ2) is 6.03. The van der Waals surface area contributed by atoms with Gasteiger partial charge < -0.3 is 10.3 Å². The summed E-state index contributed by atoms with van der Waals surface area (Å²) in [5.41, 5.74) is 1.83. The van der Waals surface area contributed by atoms with Crippen LogP contribution in [0.5, 0.6) is 0 Å². The number of imidazole rings is 1. The number of H-pyrrole nitrogens is 1. The molecule has 0 aliphatic carbocycles. The first-order valence-corrected chi connectivity index (χ1v) is 7.44. The molecule has 2 aromatic rings. The number of benzene rings is 1. The van der Waals surface area contributed by atoms with Gasteiger partial charge in [-0.1, -0.05) is 0 Å². The van der Waals surface area contributed by atoms with Gasteiger partial charge in [0.2, 0.25) is 0 Å². The van der Waals surface area contributed by atoms with Crippen molar-refractivity contribution in [2.24, 2.45) is 0 Å². The fraction of sp³-hybridized carbons (Fsp3) is 0.357. The van der Waals surface area contributed by atoms with E-state index in [4.69, 9.17) is 0 Å². The maximum absolute atomic E-state index is 13.1. The van der Waals surface area contributed by atoms with Gasteiger partial charge in [0.15, 0.2) is 0 Å². The van der Waals surface area contributed by atoms with Gasteiger partial charge in [-0.05, 0) is 34.1 Å². The summed E-state index contributed by atoms with van der Waals surface area (Å²) in [6, 6.07) is 4.67. The zero-order valence-electron chi connectivity index (χ0n) is 11.0. The highest BCUT2D eigenvalue weighted by molar-refractivity contribution is 9.10. The van der Waals surface area contributed by atoms with Crippen LogP contribution in [0.3, 0.4) is 0 Å². The van der Waals surface area contributed by atoms with Gasteiger partial charge in [0.05, 0.1) is 18.4 Å². The number of nitrogens with one attached hydrogen (secondary N) is 2. The van der Waals surface area contributed by atoms with Crippen molar-refractivity contribution in [3.63, 3.8) is 0 Å². The molecular formula is C14H16BrFN4. The van der Waals surface area contributed by atoms with E-state index in [9.17, 15) is 4.39 Å². The molecule has 0 spiro atoms. The highest BCUT2D eigenvalue weighted by atomic mass is 79.9. The molecule has 20 heavy (non-hydrogen) atoms. The number of halogens is 2. The Kier molecular flexibility index (Phi) is 4.14. The second-order valence-electron chi connectivity index (χ2n) is 4.89. The molecule has 106 valence electrons. The zero-order valence-corrected chi connectivity index (χ0v) is 12.6. The van der Waals surface area contributed by atoms with Crippen molar-refractivity contribution in [1.82, 2.24) is 20.2 Å². The standard InChI is InChI=1S/C14H16BrFN4/c15-12-7-10(16)1-2-11(12)13-8-18-14(19-13)9-20-5-3-17-4-6-20/h1-2,7-8,17H,3-6,9H2,(H,18,19). The van der Waals surface area contributed by atoms with Crippen LogP contribution in [-0.2, 0) is 6.54 Å². The molecule has 1 aliphatic heterocycles. The summed E-state index contributed by atoms with van der Waals surface area (Å²) in [7, 11) is 0. The van der Waals surface area contributed by atoms with Crippen molar-refractivity contribution in [3.8, 4) is 11.3 Å². The molecule has 0 atom stereocenters. The molecule has 4 nitrogen and oxygen atoms in total. The molecule has 0 amide bonds. The van der Waals surface area contributed by atoms with Gasteiger partial charge in [0, 0.05) is 36.2 Å². The molecule has 0 unspecified atom stereocenters. The highest BCUT2D eigenvalue weighted by Gasteiger charge is 2.13. The Balaban J connectivity index is 1.75. The van der Waals surface area contributed by atoms with E-state index >= 15 is 0 Å². The molecule has 2 N–H and O–H groups in total. The number of hydrogen-bond donors (Lipinski definition) is 2. The van der Waals surface area contributed by atoms with Crippen molar-refractivity contribution in [3.05, 3.63) is 40.5 Å². The van der Waals surface area contributed by atoms with E-state index in [1.165, 1.54) is 12.1 Å². The largest absolute Gasteiger partial charge is 0.341 e. The molecule has 1 aromatic heterocycles. The van der Waals surface area contributed by atoms with Crippen LogP contribution < -0.4 is 5.32 Å². The van der Waals surface area contributed by atoms with Gasteiger partial charge in [-0.3, -0.25) is 4.90 Å². The van der Waals surface area contributed by atoms with E-state index in [-0.39, 0.29) is 5.82 Å². The third-order valence-electron chi connectivity index (χ3n) is 3.43. The van der Waals surface area contributed by atoms with Gasteiger partial charge in [-0.15, -0.1) is 0 Å². The predicted molar refractivity (Wildman–Crippen MR) is 79.8 cm³/mol. The molecule has 3 rings (SSSR count). The maximum Gasteiger partial charge on any atom is 0.124 e. The molecule has 1 fully saturated rings. The smallest absolute Gasteiger partial charge is 0.124 e. The Bertz CT molecular complexity index is 593. The van der Waals surface area contributed by atoms with E-state index < -0.39 is 0 Å². The number of rotatable bonds is 3. The van der Waals surface area contributed by atoms with Crippen LogP contribution >= 0.6 is 15.9 Å².